The van der Waals surface area contributed by atoms with Crippen molar-refractivity contribution in [1.82, 2.24) is 4.90 Å². The average molecular weight is 636 g/mol. The number of nitrogens with one attached hydrogen (secondary N) is 1. The molecule has 39 heavy (non-hydrogen) atoms. The molecule has 1 aromatic heterocycles. The van der Waals surface area contributed by atoms with E-state index in [2.05, 4.69) is 12.2 Å². The highest BCUT2D eigenvalue weighted by atomic mass is 35.5. The van der Waals surface area contributed by atoms with Crippen LogP contribution >= 0.6 is 57.7 Å². The second-order valence-corrected chi connectivity index (χ2v) is 11.7. The normalized spacial score (nSPS) is 17.0. The van der Waals surface area contributed by atoms with Gasteiger partial charge in [0.1, 0.15) is 11.0 Å². The fourth-order valence-corrected chi connectivity index (χ4v) is 6.93. The van der Waals surface area contributed by atoms with Crippen LogP contribution in [-0.2, 0) is 31.9 Å². The Balaban J connectivity index is 1.46. The maximum Gasteiger partial charge on any atom is 0.341 e. The van der Waals surface area contributed by atoms with E-state index in [4.69, 9.17) is 55.9 Å². The average Bonchev–Trinajstić information content (AvgIpc) is 3.37. The second-order valence-electron chi connectivity index (χ2n) is 9.09. The molecule has 0 saturated heterocycles. The lowest BCUT2D eigenvalue weighted by molar-refractivity contribution is -0.150. The van der Waals surface area contributed by atoms with Crippen LogP contribution in [0.3, 0.4) is 0 Å². The van der Waals surface area contributed by atoms with Crippen molar-refractivity contribution >= 4 is 92.4 Å². The molecule has 0 fully saturated rings. The quantitative estimate of drug-likeness (QED) is 0.176. The van der Waals surface area contributed by atoms with E-state index >= 15 is 0 Å². The number of esters is 2. The van der Waals surface area contributed by atoms with E-state index in [1.807, 2.05) is 0 Å². The van der Waals surface area contributed by atoms with Gasteiger partial charge in [-0.25, -0.2) is 9.59 Å². The lowest BCUT2D eigenvalue weighted by Gasteiger charge is -2.20. The molecule has 14 heteroatoms. The number of halogens is 4. The monoisotopic (exact) mass is 634 g/mol. The smallest absolute Gasteiger partial charge is 0.341 e. The molecular formula is C25H22Cl4N2O7S. The van der Waals surface area contributed by atoms with Crippen molar-refractivity contribution < 1.29 is 33.4 Å². The number of benzene rings is 1. The van der Waals surface area contributed by atoms with Gasteiger partial charge in [-0.2, -0.15) is 0 Å². The van der Waals surface area contributed by atoms with E-state index in [1.165, 1.54) is 18.3 Å². The van der Waals surface area contributed by atoms with E-state index in [1.54, 1.807) is 6.92 Å². The van der Waals surface area contributed by atoms with Crippen LogP contribution in [0.5, 0.6) is 0 Å². The van der Waals surface area contributed by atoms with Crippen molar-refractivity contribution in [3.63, 3.8) is 0 Å². The van der Waals surface area contributed by atoms with Crippen molar-refractivity contribution in [1.29, 1.82) is 0 Å². The summed E-state index contributed by atoms with van der Waals surface area (Å²) in [7, 11) is 0. The van der Waals surface area contributed by atoms with Gasteiger partial charge in [-0.15, -0.1) is 11.3 Å². The predicted octanol–water partition coefficient (Wildman–Crippen LogP) is 5.83. The Morgan fingerprint density at radius 2 is 1.62 bits per heavy atom. The number of amides is 3. The van der Waals surface area contributed by atoms with Crippen LogP contribution < -0.4 is 5.32 Å². The molecule has 1 aliphatic carbocycles. The van der Waals surface area contributed by atoms with Crippen molar-refractivity contribution in [3.8, 4) is 0 Å². The van der Waals surface area contributed by atoms with E-state index in [0.717, 1.165) is 23.3 Å². The first kappa shape index (κ1) is 29.6. The number of hydrogen-bond acceptors (Lipinski definition) is 8. The Hall–Kier alpha value is -2.37. The molecule has 0 unspecified atom stereocenters. The number of nitrogens with zero attached hydrogens (tertiary/aromatic N) is 1. The van der Waals surface area contributed by atoms with Crippen LogP contribution in [0.15, 0.2) is 0 Å². The van der Waals surface area contributed by atoms with Gasteiger partial charge in [-0.05, 0) is 44.6 Å². The molecule has 0 radical (unpaired) electrons. The number of carbonyl (C=O) groups is 5. The van der Waals surface area contributed by atoms with Gasteiger partial charge in [0.15, 0.2) is 6.61 Å². The highest BCUT2D eigenvalue weighted by Crippen LogP contribution is 2.45. The third kappa shape index (κ3) is 5.37. The molecule has 2 aliphatic rings. The van der Waals surface area contributed by atoms with E-state index in [9.17, 15) is 24.0 Å². The van der Waals surface area contributed by atoms with Gasteiger partial charge in [0.2, 0.25) is 0 Å². The number of carbonyl (C=O) groups excluding carboxylic acids is 5. The SMILES string of the molecule is CCOC(=O)c1c(NC(=O)COC(=O)[C@H](C)N2C(=O)c3c(Cl)c(Cl)c(Cl)c(Cl)c3C2=O)sc2c1CC[C@H](C)C2. The minimum absolute atomic E-state index is 0.176. The Labute approximate surface area is 247 Å². The fraction of sp³-hybridized carbons (Fsp3) is 0.400. The summed E-state index contributed by atoms with van der Waals surface area (Å²) in [6.07, 6.45) is 2.37. The van der Waals surface area contributed by atoms with Gasteiger partial charge in [0, 0.05) is 4.88 Å². The topological polar surface area (TPSA) is 119 Å². The lowest BCUT2D eigenvalue weighted by Crippen LogP contribution is -2.44. The molecular weight excluding hydrogens is 614 g/mol. The Kier molecular flexibility index (Phi) is 8.82. The number of rotatable bonds is 7. The van der Waals surface area contributed by atoms with Crippen molar-refractivity contribution in [2.45, 2.75) is 46.1 Å². The number of anilines is 1. The van der Waals surface area contributed by atoms with Gasteiger partial charge >= 0.3 is 11.9 Å². The molecule has 4 rings (SSSR count). The number of fused-ring (bicyclic) bond motifs is 2. The summed E-state index contributed by atoms with van der Waals surface area (Å²) in [5.74, 6) is -3.66. The lowest BCUT2D eigenvalue weighted by atomic mass is 9.88. The van der Waals surface area contributed by atoms with E-state index in [0.29, 0.717) is 27.8 Å². The minimum atomic E-state index is -1.43. The summed E-state index contributed by atoms with van der Waals surface area (Å²) in [4.78, 5) is 65.7. The Morgan fingerprint density at radius 1 is 1.03 bits per heavy atom. The first-order valence-electron chi connectivity index (χ1n) is 11.9. The van der Waals surface area contributed by atoms with Crippen molar-refractivity contribution in [2.75, 3.05) is 18.5 Å². The number of ether oxygens (including phenoxy) is 2. The first-order chi connectivity index (χ1) is 18.4. The van der Waals surface area contributed by atoms with Crippen molar-refractivity contribution in [2.24, 2.45) is 5.92 Å². The maximum atomic E-state index is 13.0. The summed E-state index contributed by atoms with van der Waals surface area (Å²) in [5.41, 5.74) is 0.622. The van der Waals surface area contributed by atoms with Gasteiger partial charge in [-0.3, -0.25) is 19.3 Å². The number of imide groups is 1. The second kappa shape index (κ2) is 11.6. The van der Waals surface area contributed by atoms with Gasteiger partial charge in [0.05, 0.1) is 43.4 Å². The molecule has 1 aliphatic heterocycles. The van der Waals surface area contributed by atoms with Crippen LogP contribution in [0.2, 0.25) is 20.1 Å². The molecule has 3 amide bonds. The van der Waals surface area contributed by atoms with Gasteiger partial charge in [-0.1, -0.05) is 53.3 Å². The summed E-state index contributed by atoms with van der Waals surface area (Å²) in [6.45, 7) is 4.50. The zero-order valence-corrected chi connectivity index (χ0v) is 24.8. The standard InChI is InChI=1S/C25H22Cl4N2O7S/c1-4-37-25(36)14-11-6-5-9(2)7-12(11)39-21(14)30-13(32)8-38-24(35)10(3)31-22(33)15-16(23(31)34)18(27)20(29)19(28)17(15)26/h9-10H,4-8H2,1-3H3,(H,30,32)/t9-,10-/m0/s1. The van der Waals surface area contributed by atoms with Crippen LogP contribution in [0.1, 0.15) is 68.7 Å². The van der Waals surface area contributed by atoms with Crippen LogP contribution in [0.25, 0.3) is 0 Å². The molecule has 9 nitrogen and oxygen atoms in total. The summed E-state index contributed by atoms with van der Waals surface area (Å²) in [6, 6.07) is -1.43. The Morgan fingerprint density at radius 3 is 2.18 bits per heavy atom. The van der Waals surface area contributed by atoms with Crippen LogP contribution in [0.4, 0.5) is 5.00 Å². The third-order valence-electron chi connectivity index (χ3n) is 6.45. The molecule has 1 N–H and O–H groups in total. The molecule has 0 bridgehead atoms. The zero-order chi connectivity index (χ0) is 28.8. The van der Waals surface area contributed by atoms with E-state index in [-0.39, 0.29) is 37.8 Å². The van der Waals surface area contributed by atoms with Crippen molar-refractivity contribution in [3.05, 3.63) is 47.2 Å². The molecule has 1 aromatic carbocycles. The summed E-state index contributed by atoms with van der Waals surface area (Å²) in [5, 5.41) is 2.00. The molecule has 2 aromatic rings. The van der Waals surface area contributed by atoms with Crippen LogP contribution in [0, 0.1) is 5.92 Å². The highest BCUT2D eigenvalue weighted by molar-refractivity contribution is 7.17. The summed E-state index contributed by atoms with van der Waals surface area (Å²) < 4.78 is 10.3. The van der Waals surface area contributed by atoms with Gasteiger partial charge < -0.3 is 14.8 Å². The molecule has 0 spiro atoms. The number of hydrogen-bond donors (Lipinski definition) is 1. The molecule has 0 saturated carbocycles. The zero-order valence-electron chi connectivity index (χ0n) is 20.9. The van der Waals surface area contributed by atoms with Crippen LogP contribution in [-0.4, -0.2) is 53.8 Å². The highest BCUT2D eigenvalue weighted by Gasteiger charge is 2.46. The molecule has 208 valence electrons. The Bertz CT molecular complexity index is 1380. The largest absolute Gasteiger partial charge is 0.462 e. The predicted molar refractivity (Wildman–Crippen MR) is 147 cm³/mol. The molecule has 2 atom stereocenters. The fourth-order valence-electron chi connectivity index (χ4n) is 4.50. The minimum Gasteiger partial charge on any atom is -0.462 e. The summed E-state index contributed by atoms with van der Waals surface area (Å²) >= 11 is 25.6. The third-order valence-corrected chi connectivity index (χ3v) is 9.42. The number of thiophene rings is 1. The molecule has 2 heterocycles. The first-order valence-corrected chi connectivity index (χ1v) is 14.2. The maximum absolute atomic E-state index is 13.0. The van der Waals surface area contributed by atoms with E-state index < -0.39 is 42.3 Å². The van der Waals surface area contributed by atoms with Gasteiger partial charge in [0.25, 0.3) is 17.7 Å².